The molecule has 0 aliphatic rings. The molecular formula is C18H15BrF3NO3. The van der Waals surface area contributed by atoms with E-state index in [4.69, 9.17) is 0 Å². The highest BCUT2D eigenvalue weighted by atomic mass is 79.9. The second kappa shape index (κ2) is 8.35. The van der Waals surface area contributed by atoms with Gasteiger partial charge >= 0.3 is 12.1 Å². The smallest absolute Gasteiger partial charge is 0.416 e. The summed E-state index contributed by atoms with van der Waals surface area (Å²) in [5, 5.41) is 11.6. The maximum atomic E-state index is 12.7. The van der Waals surface area contributed by atoms with Crippen LogP contribution in [0, 0.1) is 0 Å². The minimum absolute atomic E-state index is 0.0664. The highest BCUT2D eigenvalue weighted by molar-refractivity contribution is 9.10. The molecule has 1 atom stereocenters. The van der Waals surface area contributed by atoms with Crippen LogP contribution in [0.2, 0.25) is 0 Å². The molecule has 2 rings (SSSR count). The Kier molecular flexibility index (Phi) is 6.42. The van der Waals surface area contributed by atoms with E-state index in [9.17, 15) is 27.9 Å². The van der Waals surface area contributed by atoms with Gasteiger partial charge in [-0.1, -0.05) is 46.3 Å². The lowest BCUT2D eigenvalue weighted by atomic mass is 10.0. The number of aliphatic carboxylic acids is 1. The quantitative estimate of drug-likeness (QED) is 0.733. The van der Waals surface area contributed by atoms with Gasteiger partial charge in [0.1, 0.15) is 6.04 Å². The summed E-state index contributed by atoms with van der Waals surface area (Å²) in [7, 11) is 0. The average Bonchev–Trinajstić information content (AvgIpc) is 2.55. The number of nitrogens with one attached hydrogen (secondary N) is 1. The summed E-state index contributed by atoms with van der Waals surface area (Å²) in [4.78, 5) is 23.4. The van der Waals surface area contributed by atoms with Crippen LogP contribution in [0.25, 0.3) is 0 Å². The van der Waals surface area contributed by atoms with E-state index >= 15 is 0 Å². The topological polar surface area (TPSA) is 66.4 Å². The van der Waals surface area contributed by atoms with Crippen LogP contribution >= 0.6 is 15.9 Å². The number of carbonyl (C=O) groups is 2. The first-order valence-corrected chi connectivity index (χ1v) is 8.37. The third-order valence-electron chi connectivity index (χ3n) is 3.61. The molecule has 8 heteroatoms. The van der Waals surface area contributed by atoms with E-state index < -0.39 is 29.7 Å². The van der Waals surface area contributed by atoms with Crippen LogP contribution in [0.15, 0.2) is 53.0 Å². The number of hydrogen-bond acceptors (Lipinski definition) is 2. The molecule has 0 unspecified atom stereocenters. The fourth-order valence-electron chi connectivity index (χ4n) is 2.34. The molecule has 0 aliphatic carbocycles. The number of amides is 1. The van der Waals surface area contributed by atoms with Gasteiger partial charge in [0, 0.05) is 10.9 Å². The maximum Gasteiger partial charge on any atom is 0.416 e. The molecule has 4 nitrogen and oxygen atoms in total. The molecule has 26 heavy (non-hydrogen) atoms. The van der Waals surface area contributed by atoms with Crippen LogP contribution in [0.4, 0.5) is 13.2 Å². The van der Waals surface area contributed by atoms with E-state index in [0.29, 0.717) is 5.56 Å². The predicted octanol–water partition coefficient (Wildman–Crippen LogP) is 3.82. The highest BCUT2D eigenvalue weighted by Gasteiger charge is 2.30. The summed E-state index contributed by atoms with van der Waals surface area (Å²) in [6, 6.07) is 10.2. The van der Waals surface area contributed by atoms with Gasteiger partial charge in [-0.2, -0.15) is 13.2 Å². The van der Waals surface area contributed by atoms with E-state index in [1.165, 1.54) is 12.1 Å². The summed E-state index contributed by atoms with van der Waals surface area (Å²) in [5.74, 6) is -1.88. The van der Waals surface area contributed by atoms with Gasteiger partial charge in [-0.25, -0.2) is 4.79 Å². The number of carbonyl (C=O) groups excluding carboxylic acids is 1. The molecule has 138 valence electrons. The molecule has 2 aromatic rings. The van der Waals surface area contributed by atoms with Gasteiger partial charge in [0.2, 0.25) is 5.91 Å². The molecule has 0 aliphatic heterocycles. The summed E-state index contributed by atoms with van der Waals surface area (Å²) in [6.07, 6.45) is -4.78. The SMILES string of the molecule is O=C(Cc1cccc(C(F)(F)F)c1)N[C@@H](Cc1ccc(Br)cc1)C(=O)O. The molecule has 0 fully saturated rings. The molecule has 1 amide bonds. The van der Waals surface area contributed by atoms with E-state index in [0.717, 1.165) is 16.6 Å². The summed E-state index contributed by atoms with van der Waals surface area (Å²) in [6.45, 7) is 0. The second-order valence-corrected chi connectivity index (χ2v) is 6.58. The summed E-state index contributed by atoms with van der Waals surface area (Å²) in [5.41, 5.74) is 0.0116. The largest absolute Gasteiger partial charge is 0.480 e. The fourth-order valence-corrected chi connectivity index (χ4v) is 2.61. The van der Waals surface area contributed by atoms with Crippen LogP contribution in [-0.2, 0) is 28.6 Å². The third kappa shape index (κ3) is 5.87. The second-order valence-electron chi connectivity index (χ2n) is 5.66. The first kappa shape index (κ1) is 20.0. The van der Waals surface area contributed by atoms with Crippen molar-refractivity contribution in [3.63, 3.8) is 0 Å². The molecule has 0 spiro atoms. The average molecular weight is 430 g/mol. The zero-order chi connectivity index (χ0) is 19.3. The standard InChI is InChI=1S/C18H15BrF3NO3/c19-14-6-4-11(5-7-14)9-15(17(25)26)23-16(24)10-12-2-1-3-13(8-12)18(20,21)22/h1-8,15H,9-10H2,(H,23,24)(H,25,26)/t15-/m0/s1. The van der Waals surface area contributed by atoms with Crippen LogP contribution < -0.4 is 5.32 Å². The van der Waals surface area contributed by atoms with Crippen molar-refractivity contribution in [1.29, 1.82) is 0 Å². The molecular weight excluding hydrogens is 415 g/mol. The van der Waals surface area contributed by atoms with E-state index in [1.807, 2.05) is 0 Å². The lowest BCUT2D eigenvalue weighted by Gasteiger charge is -2.15. The molecule has 0 saturated carbocycles. The van der Waals surface area contributed by atoms with Gasteiger partial charge in [-0.3, -0.25) is 4.79 Å². The van der Waals surface area contributed by atoms with E-state index in [2.05, 4.69) is 21.2 Å². The van der Waals surface area contributed by atoms with Gasteiger partial charge in [0.25, 0.3) is 0 Å². The molecule has 2 N–H and O–H groups in total. The number of alkyl halides is 3. The molecule has 0 aromatic heterocycles. The lowest BCUT2D eigenvalue weighted by Crippen LogP contribution is -2.43. The number of carboxylic acids is 1. The van der Waals surface area contributed by atoms with Crippen molar-refractivity contribution < 1.29 is 27.9 Å². The molecule has 0 saturated heterocycles. The van der Waals surface area contributed by atoms with Crippen molar-refractivity contribution in [2.24, 2.45) is 0 Å². The minimum atomic E-state index is -4.50. The van der Waals surface area contributed by atoms with Crippen LogP contribution in [-0.4, -0.2) is 23.0 Å². The van der Waals surface area contributed by atoms with Crippen LogP contribution in [0.3, 0.4) is 0 Å². The highest BCUT2D eigenvalue weighted by Crippen LogP contribution is 2.29. The Morgan fingerprint density at radius 3 is 2.31 bits per heavy atom. The minimum Gasteiger partial charge on any atom is -0.480 e. The number of carboxylic acid groups (broad SMARTS) is 1. The predicted molar refractivity (Wildman–Crippen MR) is 92.6 cm³/mol. The molecule has 2 aromatic carbocycles. The zero-order valence-corrected chi connectivity index (χ0v) is 15.0. The first-order valence-electron chi connectivity index (χ1n) is 7.58. The number of rotatable bonds is 6. The number of benzene rings is 2. The first-order chi connectivity index (χ1) is 12.1. The van der Waals surface area contributed by atoms with E-state index in [1.54, 1.807) is 24.3 Å². The van der Waals surface area contributed by atoms with Crippen molar-refractivity contribution >= 4 is 27.8 Å². The van der Waals surface area contributed by atoms with Crippen molar-refractivity contribution in [1.82, 2.24) is 5.32 Å². The van der Waals surface area contributed by atoms with Crippen LogP contribution in [0.1, 0.15) is 16.7 Å². The van der Waals surface area contributed by atoms with Crippen molar-refractivity contribution in [3.8, 4) is 0 Å². The van der Waals surface area contributed by atoms with Crippen molar-refractivity contribution in [2.45, 2.75) is 25.1 Å². The Labute approximate surface area is 156 Å². The number of halogens is 4. The Morgan fingerprint density at radius 2 is 1.73 bits per heavy atom. The Balaban J connectivity index is 2.04. The normalized spacial score (nSPS) is 12.5. The van der Waals surface area contributed by atoms with Crippen molar-refractivity contribution in [3.05, 3.63) is 69.7 Å². The van der Waals surface area contributed by atoms with Gasteiger partial charge in [0.15, 0.2) is 0 Å². The summed E-state index contributed by atoms with van der Waals surface area (Å²) >= 11 is 3.27. The Morgan fingerprint density at radius 1 is 1.08 bits per heavy atom. The zero-order valence-electron chi connectivity index (χ0n) is 13.4. The molecule has 0 bridgehead atoms. The van der Waals surface area contributed by atoms with Gasteiger partial charge in [-0.15, -0.1) is 0 Å². The molecule has 0 radical (unpaired) electrons. The molecule has 0 heterocycles. The van der Waals surface area contributed by atoms with E-state index in [-0.39, 0.29) is 18.4 Å². The third-order valence-corrected chi connectivity index (χ3v) is 4.13. The monoisotopic (exact) mass is 429 g/mol. The Hall–Kier alpha value is -2.35. The van der Waals surface area contributed by atoms with Gasteiger partial charge in [-0.05, 0) is 29.3 Å². The maximum absolute atomic E-state index is 12.7. The van der Waals surface area contributed by atoms with Crippen LogP contribution in [0.5, 0.6) is 0 Å². The summed E-state index contributed by atoms with van der Waals surface area (Å²) < 4.78 is 39.0. The Bertz CT molecular complexity index is 791. The fraction of sp³-hybridized carbons (Fsp3) is 0.222. The number of hydrogen-bond donors (Lipinski definition) is 2. The van der Waals surface area contributed by atoms with Crippen molar-refractivity contribution in [2.75, 3.05) is 0 Å². The van der Waals surface area contributed by atoms with Gasteiger partial charge in [0.05, 0.1) is 12.0 Å². The lowest BCUT2D eigenvalue weighted by molar-refractivity contribution is -0.141. The van der Waals surface area contributed by atoms with Gasteiger partial charge < -0.3 is 10.4 Å².